The Morgan fingerprint density at radius 3 is 3.10 bits per heavy atom. The van der Waals surface area contributed by atoms with E-state index >= 15 is 0 Å². The van der Waals surface area contributed by atoms with E-state index in [-0.39, 0.29) is 12.0 Å². The molecule has 1 saturated heterocycles. The SMILES string of the molecule is Cc1ccnc([C@H]2CN(C(=O)c3ccn[nH]3)CCO2)n1. The van der Waals surface area contributed by atoms with E-state index < -0.39 is 0 Å². The lowest BCUT2D eigenvalue weighted by Gasteiger charge is -2.31. The molecule has 1 fully saturated rings. The Morgan fingerprint density at radius 1 is 1.45 bits per heavy atom. The van der Waals surface area contributed by atoms with Gasteiger partial charge in [0, 0.05) is 24.6 Å². The summed E-state index contributed by atoms with van der Waals surface area (Å²) in [5.41, 5.74) is 1.37. The second kappa shape index (κ2) is 5.38. The smallest absolute Gasteiger partial charge is 0.272 e. The van der Waals surface area contributed by atoms with Crippen molar-refractivity contribution in [3.8, 4) is 0 Å². The monoisotopic (exact) mass is 273 g/mol. The standard InChI is InChI=1S/C13H15N5O2/c1-9-2-4-14-12(16-9)11-8-18(6-7-20-11)13(19)10-3-5-15-17-10/h2-5,11H,6-8H2,1H3,(H,15,17)/t11-/m1/s1. The number of rotatable bonds is 2. The van der Waals surface area contributed by atoms with Gasteiger partial charge in [0.05, 0.1) is 13.2 Å². The Balaban J connectivity index is 1.75. The summed E-state index contributed by atoms with van der Waals surface area (Å²) >= 11 is 0. The summed E-state index contributed by atoms with van der Waals surface area (Å²) in [5, 5.41) is 6.48. The van der Waals surface area contributed by atoms with E-state index in [1.54, 1.807) is 23.4 Å². The van der Waals surface area contributed by atoms with Crippen LogP contribution in [-0.4, -0.2) is 50.7 Å². The second-order valence-electron chi connectivity index (χ2n) is 4.64. The highest BCUT2D eigenvalue weighted by Gasteiger charge is 2.28. The molecule has 20 heavy (non-hydrogen) atoms. The van der Waals surface area contributed by atoms with Crippen molar-refractivity contribution in [3.63, 3.8) is 0 Å². The number of ether oxygens (including phenoxy) is 1. The number of H-pyrrole nitrogens is 1. The Morgan fingerprint density at radius 2 is 2.35 bits per heavy atom. The lowest BCUT2D eigenvalue weighted by Crippen LogP contribution is -2.42. The number of morpholine rings is 1. The van der Waals surface area contributed by atoms with Crippen LogP contribution in [0.2, 0.25) is 0 Å². The molecule has 1 aliphatic heterocycles. The number of nitrogens with one attached hydrogen (secondary N) is 1. The molecule has 3 heterocycles. The van der Waals surface area contributed by atoms with Crippen LogP contribution in [0.25, 0.3) is 0 Å². The van der Waals surface area contributed by atoms with Gasteiger partial charge >= 0.3 is 0 Å². The lowest BCUT2D eigenvalue weighted by molar-refractivity contribution is -0.0270. The normalized spacial score (nSPS) is 19.1. The predicted octanol–water partition coefficient (Wildman–Crippen LogP) is 0.722. The van der Waals surface area contributed by atoms with E-state index in [0.717, 1.165) is 5.69 Å². The third-order valence-corrected chi connectivity index (χ3v) is 3.19. The maximum atomic E-state index is 12.3. The van der Waals surface area contributed by atoms with Gasteiger partial charge in [-0.05, 0) is 19.1 Å². The molecule has 0 radical (unpaired) electrons. The third kappa shape index (κ3) is 2.53. The van der Waals surface area contributed by atoms with Crippen LogP contribution in [0.3, 0.4) is 0 Å². The molecule has 2 aromatic rings. The van der Waals surface area contributed by atoms with Crippen LogP contribution in [0.4, 0.5) is 0 Å². The van der Waals surface area contributed by atoms with Crippen molar-refractivity contribution >= 4 is 5.91 Å². The summed E-state index contributed by atoms with van der Waals surface area (Å²) in [7, 11) is 0. The van der Waals surface area contributed by atoms with E-state index in [2.05, 4.69) is 20.2 Å². The molecule has 7 heteroatoms. The van der Waals surface area contributed by atoms with Gasteiger partial charge in [0.15, 0.2) is 5.82 Å². The van der Waals surface area contributed by atoms with E-state index in [9.17, 15) is 4.79 Å². The molecular weight excluding hydrogens is 258 g/mol. The number of hydrogen-bond acceptors (Lipinski definition) is 5. The predicted molar refractivity (Wildman–Crippen MR) is 70.0 cm³/mol. The second-order valence-corrected chi connectivity index (χ2v) is 4.64. The first-order valence-corrected chi connectivity index (χ1v) is 6.44. The van der Waals surface area contributed by atoms with Gasteiger partial charge in [-0.25, -0.2) is 9.97 Å². The van der Waals surface area contributed by atoms with Gasteiger partial charge in [0.2, 0.25) is 0 Å². The van der Waals surface area contributed by atoms with Crippen molar-refractivity contribution in [1.29, 1.82) is 0 Å². The van der Waals surface area contributed by atoms with Crippen LogP contribution >= 0.6 is 0 Å². The molecule has 3 rings (SSSR count). The molecule has 104 valence electrons. The number of aromatic nitrogens is 4. The maximum absolute atomic E-state index is 12.3. The van der Waals surface area contributed by atoms with Gasteiger partial charge in [-0.1, -0.05) is 0 Å². The average Bonchev–Trinajstić information content (AvgIpc) is 3.01. The van der Waals surface area contributed by atoms with Gasteiger partial charge in [-0.2, -0.15) is 5.10 Å². The summed E-state index contributed by atoms with van der Waals surface area (Å²) in [5.74, 6) is 0.538. The molecule has 2 aromatic heterocycles. The largest absolute Gasteiger partial charge is 0.367 e. The minimum Gasteiger partial charge on any atom is -0.367 e. The topological polar surface area (TPSA) is 84.0 Å². The molecule has 7 nitrogen and oxygen atoms in total. The number of amides is 1. The molecule has 0 spiro atoms. The number of nitrogens with zero attached hydrogens (tertiary/aromatic N) is 4. The first-order chi connectivity index (χ1) is 9.74. The fourth-order valence-corrected chi connectivity index (χ4v) is 2.16. The van der Waals surface area contributed by atoms with Gasteiger partial charge in [0.25, 0.3) is 5.91 Å². The van der Waals surface area contributed by atoms with Crippen LogP contribution in [-0.2, 0) is 4.74 Å². The van der Waals surface area contributed by atoms with E-state index in [1.165, 1.54) is 0 Å². The quantitative estimate of drug-likeness (QED) is 0.871. The molecule has 1 N–H and O–H groups in total. The summed E-state index contributed by atoms with van der Waals surface area (Å²) < 4.78 is 5.67. The fraction of sp³-hybridized carbons (Fsp3) is 0.385. The first kappa shape index (κ1) is 12.7. The molecule has 1 amide bonds. The molecule has 0 bridgehead atoms. The molecule has 0 aliphatic carbocycles. The van der Waals surface area contributed by atoms with Crippen LogP contribution in [0, 0.1) is 6.92 Å². The zero-order valence-electron chi connectivity index (χ0n) is 11.1. The van der Waals surface area contributed by atoms with Gasteiger partial charge in [-0.3, -0.25) is 9.89 Å². The summed E-state index contributed by atoms with van der Waals surface area (Å²) in [6, 6.07) is 3.50. The fourth-order valence-electron chi connectivity index (χ4n) is 2.16. The van der Waals surface area contributed by atoms with Crippen molar-refractivity contribution < 1.29 is 9.53 Å². The van der Waals surface area contributed by atoms with Crippen molar-refractivity contribution in [2.24, 2.45) is 0 Å². The zero-order valence-corrected chi connectivity index (χ0v) is 11.1. The average molecular weight is 273 g/mol. The van der Waals surface area contributed by atoms with Crippen molar-refractivity contribution in [3.05, 3.63) is 41.7 Å². The highest BCUT2D eigenvalue weighted by atomic mass is 16.5. The van der Waals surface area contributed by atoms with Gasteiger partial charge < -0.3 is 9.64 Å². The van der Waals surface area contributed by atoms with Crippen LogP contribution in [0.5, 0.6) is 0 Å². The number of aromatic amines is 1. The maximum Gasteiger partial charge on any atom is 0.272 e. The number of aryl methyl sites for hydroxylation is 1. The Labute approximate surface area is 116 Å². The van der Waals surface area contributed by atoms with Crippen molar-refractivity contribution in [2.45, 2.75) is 13.0 Å². The van der Waals surface area contributed by atoms with Gasteiger partial charge in [0.1, 0.15) is 11.8 Å². The zero-order chi connectivity index (χ0) is 13.9. The van der Waals surface area contributed by atoms with Crippen molar-refractivity contribution in [1.82, 2.24) is 25.1 Å². The molecule has 0 unspecified atom stereocenters. The molecule has 1 atom stereocenters. The van der Waals surface area contributed by atoms with Crippen LogP contribution in [0.15, 0.2) is 24.5 Å². The van der Waals surface area contributed by atoms with Crippen LogP contribution in [0.1, 0.15) is 28.1 Å². The van der Waals surface area contributed by atoms with Crippen LogP contribution < -0.4 is 0 Å². The number of carbonyl (C=O) groups excluding carboxylic acids is 1. The number of carbonyl (C=O) groups is 1. The summed E-state index contributed by atoms with van der Waals surface area (Å²) in [6.07, 6.45) is 2.99. The highest BCUT2D eigenvalue weighted by Crippen LogP contribution is 2.20. The summed E-state index contributed by atoms with van der Waals surface area (Å²) in [4.78, 5) is 22.6. The summed E-state index contributed by atoms with van der Waals surface area (Å²) in [6.45, 7) is 3.38. The van der Waals surface area contributed by atoms with E-state index in [0.29, 0.717) is 31.2 Å². The van der Waals surface area contributed by atoms with E-state index in [1.807, 2.05) is 13.0 Å². The third-order valence-electron chi connectivity index (χ3n) is 3.19. The Kier molecular flexibility index (Phi) is 3.42. The lowest BCUT2D eigenvalue weighted by atomic mass is 10.2. The molecule has 0 aromatic carbocycles. The van der Waals surface area contributed by atoms with Gasteiger partial charge in [-0.15, -0.1) is 0 Å². The van der Waals surface area contributed by atoms with E-state index in [4.69, 9.17) is 4.74 Å². The highest BCUT2D eigenvalue weighted by molar-refractivity contribution is 5.92. The Bertz CT molecular complexity index is 599. The minimum atomic E-state index is -0.282. The first-order valence-electron chi connectivity index (χ1n) is 6.44. The van der Waals surface area contributed by atoms with Crippen molar-refractivity contribution in [2.75, 3.05) is 19.7 Å². The number of hydrogen-bond donors (Lipinski definition) is 1. The molecule has 0 saturated carbocycles. The molecule has 1 aliphatic rings. The minimum absolute atomic E-state index is 0.0801. The Hall–Kier alpha value is -2.28. The molecular formula is C13H15N5O2.